The third-order valence-electron chi connectivity index (χ3n) is 4.39. The lowest BCUT2D eigenvalue weighted by atomic mass is 9.73. The number of ether oxygens (including phenoxy) is 1. The third-order valence-corrected chi connectivity index (χ3v) is 4.39. The van der Waals surface area contributed by atoms with E-state index in [1.807, 2.05) is 13.8 Å². The molecular weight excluding hydrogens is 316 g/mol. The highest BCUT2D eigenvalue weighted by atomic mass is 16.7. The van der Waals surface area contributed by atoms with Gasteiger partial charge in [-0.3, -0.25) is 25.0 Å². The average molecular weight is 332 g/mol. The Morgan fingerprint density at radius 2 is 1.92 bits per heavy atom. The first kappa shape index (κ1) is 16.1. The number of benzene rings is 1. The fraction of sp³-hybridized carbons (Fsp3) is 0.438. The summed E-state index contributed by atoms with van der Waals surface area (Å²) in [5.41, 5.74) is 0.141. The molecule has 8 heteroatoms. The van der Waals surface area contributed by atoms with Gasteiger partial charge in [-0.15, -0.1) is 0 Å². The van der Waals surface area contributed by atoms with Crippen molar-refractivity contribution in [1.29, 1.82) is 0 Å². The summed E-state index contributed by atoms with van der Waals surface area (Å²) in [5.74, 6) is -0.768. The van der Waals surface area contributed by atoms with Gasteiger partial charge >= 0.3 is 6.23 Å². The van der Waals surface area contributed by atoms with Gasteiger partial charge in [-0.1, -0.05) is 26.0 Å². The quantitative estimate of drug-likeness (QED) is 0.621. The van der Waals surface area contributed by atoms with E-state index < -0.39 is 22.0 Å². The molecule has 0 saturated carbocycles. The van der Waals surface area contributed by atoms with Crippen molar-refractivity contribution in [3.63, 3.8) is 0 Å². The maximum Gasteiger partial charge on any atom is 0.364 e. The molecule has 0 amide bonds. The van der Waals surface area contributed by atoms with Crippen LogP contribution in [-0.2, 0) is 9.53 Å². The van der Waals surface area contributed by atoms with Crippen LogP contribution in [0.15, 0.2) is 35.6 Å². The molecule has 0 spiro atoms. The van der Waals surface area contributed by atoms with Gasteiger partial charge in [-0.05, 0) is 11.0 Å². The van der Waals surface area contributed by atoms with Crippen LogP contribution >= 0.6 is 0 Å². The van der Waals surface area contributed by atoms with Gasteiger partial charge in [0.25, 0.3) is 5.69 Å². The number of carbonyl (C=O) groups excluding carboxylic acids is 1. The van der Waals surface area contributed by atoms with Crippen LogP contribution in [0.2, 0.25) is 0 Å². The summed E-state index contributed by atoms with van der Waals surface area (Å²) in [6.45, 7) is 3.81. The van der Waals surface area contributed by atoms with Crippen LogP contribution in [0.25, 0.3) is 0 Å². The number of Topliss-reactive ketones (excluding diaryl/α,β-unsaturated/α-hetero) is 1. The van der Waals surface area contributed by atoms with Crippen LogP contribution in [0.5, 0.6) is 0 Å². The predicted octanol–water partition coefficient (Wildman–Crippen LogP) is 2.95. The van der Waals surface area contributed by atoms with Crippen LogP contribution < -0.4 is 0 Å². The molecule has 3 rings (SSSR count). The highest BCUT2D eigenvalue weighted by molar-refractivity contribution is 5.99. The SMILES string of the molecule is CC1(C)CC(=O)C2=C(C1)O[C@H]([N+](=O)[O-])[C@H]2c1cccc([N+](=O)[O-])c1. The van der Waals surface area contributed by atoms with Crippen LogP contribution in [0, 0.1) is 25.6 Å². The number of allylic oxidation sites excluding steroid dienone is 1. The van der Waals surface area contributed by atoms with Gasteiger partial charge in [0, 0.05) is 25.0 Å². The first-order valence-corrected chi connectivity index (χ1v) is 7.50. The Bertz CT molecular complexity index is 783. The lowest BCUT2D eigenvalue weighted by Gasteiger charge is -2.28. The molecule has 0 bridgehead atoms. The molecule has 126 valence electrons. The van der Waals surface area contributed by atoms with E-state index in [1.165, 1.54) is 18.2 Å². The van der Waals surface area contributed by atoms with Crippen LogP contribution in [-0.4, -0.2) is 21.9 Å². The van der Waals surface area contributed by atoms with Crippen molar-refractivity contribution >= 4 is 11.5 Å². The van der Waals surface area contributed by atoms with Gasteiger partial charge in [-0.25, -0.2) is 0 Å². The highest BCUT2D eigenvalue weighted by Gasteiger charge is 2.51. The molecule has 0 aromatic heterocycles. The molecule has 2 aliphatic rings. The summed E-state index contributed by atoms with van der Waals surface area (Å²) in [6.07, 6.45) is -0.732. The summed E-state index contributed by atoms with van der Waals surface area (Å²) in [6, 6.07) is 5.59. The topological polar surface area (TPSA) is 113 Å². The van der Waals surface area contributed by atoms with Crippen molar-refractivity contribution in [3.8, 4) is 0 Å². The summed E-state index contributed by atoms with van der Waals surface area (Å²) in [7, 11) is 0. The van der Waals surface area contributed by atoms with E-state index in [0.29, 0.717) is 17.7 Å². The second kappa shape index (κ2) is 5.40. The molecule has 0 saturated heterocycles. The smallest absolute Gasteiger partial charge is 0.364 e. The minimum Gasteiger partial charge on any atom is -0.433 e. The zero-order chi connectivity index (χ0) is 17.6. The zero-order valence-electron chi connectivity index (χ0n) is 13.2. The maximum absolute atomic E-state index is 12.6. The third kappa shape index (κ3) is 2.64. The predicted molar refractivity (Wildman–Crippen MR) is 82.8 cm³/mol. The lowest BCUT2D eigenvalue weighted by Crippen LogP contribution is -2.28. The molecule has 1 heterocycles. The Kier molecular flexibility index (Phi) is 3.62. The van der Waals surface area contributed by atoms with Crippen LogP contribution in [0.1, 0.15) is 38.2 Å². The molecule has 1 aliphatic heterocycles. The number of ketones is 1. The molecule has 0 radical (unpaired) electrons. The number of hydrogen-bond acceptors (Lipinski definition) is 6. The van der Waals surface area contributed by atoms with E-state index >= 15 is 0 Å². The van der Waals surface area contributed by atoms with E-state index in [4.69, 9.17) is 4.74 Å². The van der Waals surface area contributed by atoms with E-state index in [0.717, 1.165) is 0 Å². The van der Waals surface area contributed by atoms with Gasteiger partial charge in [-0.2, -0.15) is 0 Å². The monoisotopic (exact) mass is 332 g/mol. The van der Waals surface area contributed by atoms with Crippen molar-refractivity contribution in [1.82, 2.24) is 0 Å². The number of carbonyl (C=O) groups is 1. The zero-order valence-corrected chi connectivity index (χ0v) is 13.2. The van der Waals surface area contributed by atoms with Gasteiger partial charge in [0.2, 0.25) is 0 Å². The van der Waals surface area contributed by atoms with Gasteiger partial charge < -0.3 is 4.74 Å². The molecule has 0 fully saturated rings. The minimum atomic E-state index is -1.44. The van der Waals surface area contributed by atoms with Gasteiger partial charge in [0.1, 0.15) is 11.7 Å². The molecular formula is C16H16N2O6. The summed E-state index contributed by atoms with van der Waals surface area (Å²) in [5, 5.41) is 22.4. The lowest BCUT2D eigenvalue weighted by molar-refractivity contribution is -0.570. The van der Waals surface area contributed by atoms with E-state index in [2.05, 4.69) is 0 Å². The Hall–Kier alpha value is -2.77. The number of non-ortho nitro benzene ring substituents is 1. The summed E-state index contributed by atoms with van der Waals surface area (Å²) in [4.78, 5) is 33.8. The Labute approximate surface area is 137 Å². The molecule has 0 unspecified atom stereocenters. The Balaban J connectivity index is 2.10. The van der Waals surface area contributed by atoms with Gasteiger partial charge in [0.05, 0.1) is 15.4 Å². The fourth-order valence-electron chi connectivity index (χ4n) is 3.41. The minimum absolute atomic E-state index is 0.174. The summed E-state index contributed by atoms with van der Waals surface area (Å²) >= 11 is 0. The van der Waals surface area contributed by atoms with Crippen LogP contribution in [0.3, 0.4) is 0 Å². The number of nitro groups is 2. The molecule has 1 aromatic rings. The largest absolute Gasteiger partial charge is 0.433 e. The Morgan fingerprint density at radius 1 is 1.21 bits per heavy atom. The number of rotatable bonds is 3. The number of nitro benzene ring substituents is 1. The van der Waals surface area contributed by atoms with Crippen LogP contribution in [0.4, 0.5) is 5.69 Å². The first-order valence-electron chi connectivity index (χ1n) is 7.50. The highest BCUT2D eigenvalue weighted by Crippen LogP contribution is 2.49. The van der Waals surface area contributed by atoms with Crippen molar-refractivity contribution < 1.29 is 19.4 Å². The second-order valence-electron chi connectivity index (χ2n) is 6.90. The molecule has 1 aromatic carbocycles. The fourth-order valence-corrected chi connectivity index (χ4v) is 3.41. The first-order chi connectivity index (χ1) is 11.2. The second-order valence-corrected chi connectivity index (χ2v) is 6.90. The molecule has 24 heavy (non-hydrogen) atoms. The van der Waals surface area contributed by atoms with E-state index in [9.17, 15) is 25.0 Å². The van der Waals surface area contributed by atoms with E-state index in [1.54, 1.807) is 6.07 Å². The van der Waals surface area contributed by atoms with Crippen molar-refractivity contribution in [2.75, 3.05) is 0 Å². The molecule has 0 N–H and O–H groups in total. The molecule has 2 atom stereocenters. The van der Waals surface area contributed by atoms with E-state index in [-0.39, 0.29) is 28.9 Å². The Morgan fingerprint density at radius 3 is 2.54 bits per heavy atom. The normalized spacial score (nSPS) is 25.2. The van der Waals surface area contributed by atoms with Crippen molar-refractivity contribution in [3.05, 3.63) is 61.4 Å². The number of hydrogen-bond donors (Lipinski definition) is 0. The molecule has 8 nitrogen and oxygen atoms in total. The standard InChI is InChI=1S/C16H16N2O6/c1-16(2)7-11(19)14-12(8-16)24-15(18(22)23)13(14)9-4-3-5-10(6-9)17(20)21/h3-6,13,15H,7-8H2,1-2H3/t13-,15-/m0/s1. The number of nitrogens with zero attached hydrogens (tertiary/aromatic N) is 2. The van der Waals surface area contributed by atoms with Gasteiger partial charge in [0.15, 0.2) is 5.78 Å². The molecule has 1 aliphatic carbocycles. The summed E-state index contributed by atoms with van der Waals surface area (Å²) < 4.78 is 5.49. The van der Waals surface area contributed by atoms with Crippen molar-refractivity contribution in [2.24, 2.45) is 5.41 Å². The van der Waals surface area contributed by atoms with Crippen molar-refractivity contribution in [2.45, 2.75) is 38.8 Å². The average Bonchev–Trinajstić information content (AvgIpc) is 2.85. The maximum atomic E-state index is 12.6.